The summed E-state index contributed by atoms with van der Waals surface area (Å²) in [5.74, 6) is 0.792. The first-order valence-corrected chi connectivity index (χ1v) is 8.80. The van der Waals surface area contributed by atoms with E-state index in [4.69, 9.17) is 16.7 Å². The van der Waals surface area contributed by atoms with E-state index in [0.717, 1.165) is 23.5 Å². The Labute approximate surface area is 149 Å². The lowest BCUT2D eigenvalue weighted by molar-refractivity contribution is 0.0947. The number of hydrogen-bond acceptors (Lipinski definition) is 2. The number of carbonyl (C=O) groups excluding carboxylic acids is 1. The lowest BCUT2D eigenvalue weighted by atomic mass is 10.0. The molecule has 0 bridgehead atoms. The fourth-order valence-corrected chi connectivity index (χ4v) is 2.73. The third kappa shape index (κ3) is 4.38. The molecule has 0 aliphatic rings. The summed E-state index contributed by atoms with van der Waals surface area (Å²) < 4.78 is 1.83. The van der Waals surface area contributed by atoms with Gasteiger partial charge in [-0.2, -0.15) is 5.10 Å². The number of nitrogens with one attached hydrogen (secondary N) is 1. The number of carbonyl (C=O) groups is 1. The minimum Gasteiger partial charge on any atom is -0.352 e. The van der Waals surface area contributed by atoms with Crippen LogP contribution in [0.25, 0.3) is 5.69 Å². The normalized spacial score (nSPS) is 11.3. The predicted octanol–water partition coefficient (Wildman–Crippen LogP) is 4.42. The summed E-state index contributed by atoms with van der Waals surface area (Å²) in [6.45, 7) is 11.0. The minimum atomic E-state index is -0.0444. The maximum absolute atomic E-state index is 12.7. The molecule has 24 heavy (non-hydrogen) atoms. The van der Waals surface area contributed by atoms with Crippen molar-refractivity contribution in [1.29, 1.82) is 0 Å². The first-order valence-electron chi connectivity index (χ1n) is 8.42. The smallest absolute Gasteiger partial charge is 0.255 e. The molecule has 0 saturated heterocycles. The highest BCUT2D eigenvalue weighted by molar-refractivity contribution is 6.30. The topological polar surface area (TPSA) is 46.9 Å². The van der Waals surface area contributed by atoms with Gasteiger partial charge in [0.15, 0.2) is 0 Å². The predicted molar refractivity (Wildman–Crippen MR) is 99.0 cm³/mol. The molecule has 0 fully saturated rings. The van der Waals surface area contributed by atoms with E-state index in [-0.39, 0.29) is 5.91 Å². The Kier molecular flexibility index (Phi) is 6.05. The molecule has 0 radical (unpaired) electrons. The molecule has 2 rings (SSSR count). The molecular weight excluding hydrogens is 322 g/mol. The van der Waals surface area contributed by atoms with Crippen LogP contribution in [0, 0.1) is 18.8 Å². The lowest BCUT2D eigenvalue weighted by Crippen LogP contribution is -2.28. The van der Waals surface area contributed by atoms with E-state index < -0.39 is 0 Å². The van der Waals surface area contributed by atoms with E-state index in [9.17, 15) is 4.79 Å². The highest BCUT2D eigenvalue weighted by Gasteiger charge is 2.22. The van der Waals surface area contributed by atoms with Crippen LogP contribution in [0.1, 0.15) is 49.4 Å². The molecular formula is C19H26ClN3O. The molecule has 0 unspecified atom stereocenters. The molecule has 1 heterocycles. The van der Waals surface area contributed by atoms with Crippen molar-refractivity contribution in [2.45, 2.75) is 41.0 Å². The van der Waals surface area contributed by atoms with Crippen LogP contribution in [0.5, 0.6) is 0 Å². The molecule has 1 aromatic heterocycles. The Hall–Kier alpha value is -1.81. The van der Waals surface area contributed by atoms with Gasteiger partial charge in [0.2, 0.25) is 0 Å². The Morgan fingerprint density at radius 1 is 1.17 bits per heavy atom. The number of nitrogens with zero attached hydrogens (tertiary/aromatic N) is 2. The van der Waals surface area contributed by atoms with Gasteiger partial charge in [-0.3, -0.25) is 4.79 Å². The molecule has 0 atom stereocenters. The van der Waals surface area contributed by atoms with Crippen LogP contribution in [0.15, 0.2) is 24.3 Å². The number of amides is 1. The number of aromatic nitrogens is 2. The summed E-state index contributed by atoms with van der Waals surface area (Å²) in [4.78, 5) is 12.7. The molecule has 0 aliphatic heterocycles. The standard InChI is InChI=1S/C19H26ClN3O/c1-12(2)10-17-18(19(24)21-11-13(3)4)14(5)23(22-17)16-8-6-15(20)7-9-16/h6-9,12-13H,10-11H2,1-5H3,(H,21,24). The monoisotopic (exact) mass is 347 g/mol. The van der Waals surface area contributed by atoms with Gasteiger partial charge in [-0.05, 0) is 49.4 Å². The van der Waals surface area contributed by atoms with E-state index in [0.29, 0.717) is 29.0 Å². The lowest BCUT2D eigenvalue weighted by Gasteiger charge is -2.09. The first kappa shape index (κ1) is 18.5. The quantitative estimate of drug-likeness (QED) is 0.840. The molecule has 130 valence electrons. The average Bonchev–Trinajstić information content (AvgIpc) is 2.81. The zero-order chi connectivity index (χ0) is 17.9. The van der Waals surface area contributed by atoms with Gasteiger partial charge in [-0.25, -0.2) is 4.68 Å². The van der Waals surface area contributed by atoms with E-state index in [1.165, 1.54) is 0 Å². The van der Waals surface area contributed by atoms with Crippen molar-refractivity contribution in [2.24, 2.45) is 11.8 Å². The molecule has 2 aromatic rings. The van der Waals surface area contributed by atoms with Crippen molar-refractivity contribution in [2.75, 3.05) is 6.54 Å². The molecule has 1 aromatic carbocycles. The summed E-state index contributed by atoms with van der Waals surface area (Å²) in [6, 6.07) is 7.49. The second kappa shape index (κ2) is 7.84. The highest BCUT2D eigenvalue weighted by atomic mass is 35.5. The molecule has 0 saturated carbocycles. The Bertz CT molecular complexity index is 702. The zero-order valence-corrected chi connectivity index (χ0v) is 15.8. The first-order chi connectivity index (χ1) is 11.3. The van der Waals surface area contributed by atoms with E-state index in [1.807, 2.05) is 35.9 Å². The summed E-state index contributed by atoms with van der Waals surface area (Å²) in [7, 11) is 0. The Morgan fingerprint density at radius 3 is 2.33 bits per heavy atom. The maximum atomic E-state index is 12.7. The zero-order valence-electron chi connectivity index (χ0n) is 15.1. The van der Waals surface area contributed by atoms with Gasteiger partial charge in [0, 0.05) is 11.6 Å². The van der Waals surface area contributed by atoms with Gasteiger partial charge >= 0.3 is 0 Å². The molecule has 1 amide bonds. The SMILES string of the molecule is Cc1c(C(=O)NCC(C)C)c(CC(C)C)nn1-c1ccc(Cl)cc1. The molecule has 4 nitrogen and oxygen atoms in total. The van der Waals surface area contributed by atoms with Crippen LogP contribution < -0.4 is 5.32 Å². The van der Waals surface area contributed by atoms with E-state index in [2.05, 4.69) is 33.0 Å². The Morgan fingerprint density at radius 2 is 1.79 bits per heavy atom. The van der Waals surface area contributed by atoms with E-state index >= 15 is 0 Å². The van der Waals surface area contributed by atoms with Crippen molar-refractivity contribution in [3.63, 3.8) is 0 Å². The van der Waals surface area contributed by atoms with Gasteiger partial charge in [0.25, 0.3) is 5.91 Å². The molecule has 5 heteroatoms. The number of rotatable bonds is 6. The van der Waals surface area contributed by atoms with Crippen LogP contribution >= 0.6 is 11.6 Å². The summed E-state index contributed by atoms with van der Waals surface area (Å²) in [5, 5.41) is 8.41. The van der Waals surface area contributed by atoms with E-state index in [1.54, 1.807) is 0 Å². The number of hydrogen-bond donors (Lipinski definition) is 1. The van der Waals surface area contributed by atoms with Crippen molar-refractivity contribution in [1.82, 2.24) is 15.1 Å². The second-order valence-corrected chi connectivity index (χ2v) is 7.43. The number of halogens is 1. The van der Waals surface area contributed by atoms with Crippen molar-refractivity contribution in [3.8, 4) is 5.69 Å². The Balaban J connectivity index is 2.43. The van der Waals surface area contributed by atoms with Gasteiger partial charge in [0.1, 0.15) is 0 Å². The summed E-state index contributed by atoms with van der Waals surface area (Å²) in [5.41, 5.74) is 3.30. The van der Waals surface area contributed by atoms with Crippen LogP contribution in [0.3, 0.4) is 0 Å². The van der Waals surface area contributed by atoms with Crippen LogP contribution in [0.2, 0.25) is 5.02 Å². The highest BCUT2D eigenvalue weighted by Crippen LogP contribution is 2.22. The van der Waals surface area contributed by atoms with Gasteiger partial charge in [-0.15, -0.1) is 0 Å². The maximum Gasteiger partial charge on any atom is 0.255 e. The fraction of sp³-hybridized carbons (Fsp3) is 0.474. The largest absolute Gasteiger partial charge is 0.352 e. The van der Waals surface area contributed by atoms with Gasteiger partial charge in [-0.1, -0.05) is 39.3 Å². The molecule has 0 aliphatic carbocycles. The van der Waals surface area contributed by atoms with Crippen LogP contribution in [-0.2, 0) is 6.42 Å². The third-order valence-electron chi connectivity index (χ3n) is 3.76. The van der Waals surface area contributed by atoms with Crippen LogP contribution in [0.4, 0.5) is 0 Å². The molecule has 1 N–H and O–H groups in total. The van der Waals surface area contributed by atoms with Crippen molar-refractivity contribution < 1.29 is 4.79 Å². The molecule has 0 spiro atoms. The van der Waals surface area contributed by atoms with Crippen molar-refractivity contribution >= 4 is 17.5 Å². The van der Waals surface area contributed by atoms with Gasteiger partial charge < -0.3 is 5.32 Å². The second-order valence-electron chi connectivity index (χ2n) is 7.00. The van der Waals surface area contributed by atoms with Crippen molar-refractivity contribution in [3.05, 3.63) is 46.2 Å². The third-order valence-corrected chi connectivity index (χ3v) is 4.01. The number of benzene rings is 1. The summed E-state index contributed by atoms with van der Waals surface area (Å²) in [6.07, 6.45) is 0.770. The minimum absolute atomic E-state index is 0.0444. The summed E-state index contributed by atoms with van der Waals surface area (Å²) >= 11 is 5.97. The van der Waals surface area contributed by atoms with Crippen LogP contribution in [-0.4, -0.2) is 22.2 Å². The van der Waals surface area contributed by atoms with Gasteiger partial charge in [0.05, 0.1) is 22.6 Å². The average molecular weight is 348 g/mol. The fourth-order valence-electron chi connectivity index (χ4n) is 2.60.